The molecule has 20 heavy (non-hydrogen) atoms. The number of nitrogens with one attached hydrogen (secondary N) is 1. The minimum Gasteiger partial charge on any atom is -0.324 e. The Labute approximate surface area is 128 Å². The number of hydrogen-bond donors (Lipinski definition) is 1. The van der Waals surface area contributed by atoms with E-state index in [2.05, 4.69) is 5.32 Å². The molecule has 0 radical (unpaired) electrons. The van der Waals surface area contributed by atoms with Crippen molar-refractivity contribution in [3.8, 4) is 0 Å². The van der Waals surface area contributed by atoms with Gasteiger partial charge in [-0.05, 0) is 48.7 Å². The van der Waals surface area contributed by atoms with E-state index in [1.807, 2.05) is 38.1 Å². The molecule has 0 saturated heterocycles. The fourth-order valence-electron chi connectivity index (χ4n) is 2.05. The van der Waals surface area contributed by atoms with E-state index < -0.39 is 0 Å². The second-order valence-corrected chi connectivity index (χ2v) is 5.63. The van der Waals surface area contributed by atoms with Crippen LogP contribution in [-0.4, -0.2) is 5.91 Å². The molecule has 0 fully saturated rings. The molecule has 0 aliphatic carbocycles. The van der Waals surface area contributed by atoms with Crippen molar-refractivity contribution >= 4 is 34.8 Å². The van der Waals surface area contributed by atoms with Gasteiger partial charge in [-0.2, -0.15) is 0 Å². The fraction of sp³-hybridized carbons (Fsp3) is 0.188. The zero-order valence-corrected chi connectivity index (χ0v) is 12.8. The van der Waals surface area contributed by atoms with E-state index in [1.54, 1.807) is 12.1 Å². The quantitative estimate of drug-likeness (QED) is 0.867. The molecule has 0 saturated carbocycles. The number of benzene rings is 2. The third-order valence-electron chi connectivity index (χ3n) is 2.97. The van der Waals surface area contributed by atoms with E-state index in [0.29, 0.717) is 22.2 Å². The first kappa shape index (κ1) is 14.9. The maximum atomic E-state index is 12.1. The van der Waals surface area contributed by atoms with Gasteiger partial charge >= 0.3 is 0 Å². The zero-order valence-electron chi connectivity index (χ0n) is 11.3. The molecule has 104 valence electrons. The second-order valence-electron chi connectivity index (χ2n) is 4.79. The highest BCUT2D eigenvalue weighted by Crippen LogP contribution is 2.27. The van der Waals surface area contributed by atoms with Gasteiger partial charge < -0.3 is 5.32 Å². The Hall–Kier alpha value is -1.51. The van der Waals surface area contributed by atoms with Crippen LogP contribution in [0.4, 0.5) is 5.69 Å². The number of halogens is 2. The van der Waals surface area contributed by atoms with Crippen molar-refractivity contribution in [3.05, 3.63) is 63.1 Å². The molecule has 0 bridgehead atoms. The number of anilines is 1. The smallest absolute Gasteiger partial charge is 0.228 e. The average molecular weight is 308 g/mol. The van der Waals surface area contributed by atoms with E-state index in [4.69, 9.17) is 23.2 Å². The maximum Gasteiger partial charge on any atom is 0.228 e. The van der Waals surface area contributed by atoms with Crippen LogP contribution in [0.3, 0.4) is 0 Å². The van der Waals surface area contributed by atoms with Crippen LogP contribution in [-0.2, 0) is 11.2 Å². The van der Waals surface area contributed by atoms with Crippen molar-refractivity contribution in [2.45, 2.75) is 20.3 Å². The van der Waals surface area contributed by atoms with Gasteiger partial charge in [0.1, 0.15) is 0 Å². The summed E-state index contributed by atoms with van der Waals surface area (Å²) in [6, 6.07) is 11.1. The lowest BCUT2D eigenvalue weighted by atomic mass is 10.1. The Balaban J connectivity index is 2.10. The minimum atomic E-state index is -0.0961. The van der Waals surface area contributed by atoms with Crippen LogP contribution in [0.1, 0.15) is 16.7 Å². The Morgan fingerprint density at radius 2 is 1.75 bits per heavy atom. The number of hydrogen-bond acceptors (Lipinski definition) is 1. The number of amides is 1. The molecule has 2 aromatic carbocycles. The van der Waals surface area contributed by atoms with Gasteiger partial charge in [-0.25, -0.2) is 0 Å². The molecule has 0 aliphatic heterocycles. The van der Waals surface area contributed by atoms with Gasteiger partial charge in [0.05, 0.1) is 17.1 Å². The van der Waals surface area contributed by atoms with E-state index in [-0.39, 0.29) is 5.91 Å². The number of carbonyl (C=O) groups excluding carboxylic acids is 1. The minimum absolute atomic E-state index is 0.0961. The molecular weight excluding hydrogens is 293 g/mol. The first-order valence-corrected chi connectivity index (χ1v) is 7.02. The summed E-state index contributed by atoms with van der Waals surface area (Å²) in [6.45, 7) is 3.90. The summed E-state index contributed by atoms with van der Waals surface area (Å²) in [6.07, 6.45) is 0.292. The molecule has 0 heterocycles. The van der Waals surface area contributed by atoms with Gasteiger partial charge in [0, 0.05) is 5.02 Å². The Bertz CT molecular complexity index is 612. The van der Waals surface area contributed by atoms with Crippen molar-refractivity contribution in [2.24, 2.45) is 0 Å². The molecule has 2 rings (SSSR count). The number of rotatable bonds is 3. The fourth-order valence-corrected chi connectivity index (χ4v) is 2.54. The molecule has 2 aromatic rings. The summed E-state index contributed by atoms with van der Waals surface area (Å²) >= 11 is 12.0. The van der Waals surface area contributed by atoms with E-state index >= 15 is 0 Å². The van der Waals surface area contributed by atoms with E-state index in [1.165, 1.54) is 0 Å². The highest BCUT2D eigenvalue weighted by Gasteiger charge is 2.10. The van der Waals surface area contributed by atoms with Crippen LogP contribution in [0, 0.1) is 13.8 Å². The first-order chi connectivity index (χ1) is 9.45. The van der Waals surface area contributed by atoms with Crippen LogP contribution in [0.5, 0.6) is 0 Å². The lowest BCUT2D eigenvalue weighted by Crippen LogP contribution is -2.15. The van der Waals surface area contributed by atoms with Crippen LogP contribution >= 0.6 is 23.2 Å². The largest absolute Gasteiger partial charge is 0.324 e. The number of carbonyl (C=O) groups is 1. The predicted molar refractivity (Wildman–Crippen MR) is 84.7 cm³/mol. The summed E-state index contributed by atoms with van der Waals surface area (Å²) in [5, 5.41) is 4.09. The molecule has 4 heteroatoms. The normalized spacial score (nSPS) is 10.4. The molecule has 0 aromatic heterocycles. The summed E-state index contributed by atoms with van der Waals surface area (Å²) in [4.78, 5) is 12.1. The van der Waals surface area contributed by atoms with Crippen LogP contribution < -0.4 is 5.32 Å². The standard InChI is InChI=1S/C16H15Cl2NO/c1-10-7-11(2)16(14(18)8-10)19-15(20)9-12-3-5-13(17)6-4-12/h3-8H,9H2,1-2H3,(H,19,20). The third-order valence-corrected chi connectivity index (χ3v) is 3.52. The number of aryl methyl sites for hydroxylation is 2. The maximum absolute atomic E-state index is 12.1. The summed E-state index contributed by atoms with van der Waals surface area (Å²) in [7, 11) is 0. The Morgan fingerprint density at radius 3 is 2.35 bits per heavy atom. The molecule has 1 N–H and O–H groups in total. The summed E-state index contributed by atoms with van der Waals surface area (Å²) < 4.78 is 0. The van der Waals surface area contributed by atoms with Gasteiger partial charge in [0.25, 0.3) is 0 Å². The van der Waals surface area contributed by atoms with E-state index in [9.17, 15) is 4.79 Å². The first-order valence-electron chi connectivity index (χ1n) is 6.27. The van der Waals surface area contributed by atoms with Crippen molar-refractivity contribution in [1.82, 2.24) is 0 Å². The topological polar surface area (TPSA) is 29.1 Å². The Morgan fingerprint density at radius 1 is 1.10 bits per heavy atom. The molecule has 2 nitrogen and oxygen atoms in total. The lowest BCUT2D eigenvalue weighted by Gasteiger charge is -2.11. The zero-order chi connectivity index (χ0) is 14.7. The SMILES string of the molecule is Cc1cc(C)c(NC(=O)Cc2ccc(Cl)cc2)c(Cl)c1. The average Bonchev–Trinajstić information content (AvgIpc) is 2.36. The second kappa shape index (κ2) is 6.29. The van der Waals surface area contributed by atoms with Gasteiger partial charge in [0.2, 0.25) is 5.91 Å². The van der Waals surface area contributed by atoms with Crippen molar-refractivity contribution in [3.63, 3.8) is 0 Å². The predicted octanol–water partition coefficient (Wildman–Crippen LogP) is 4.79. The highest BCUT2D eigenvalue weighted by atomic mass is 35.5. The molecular formula is C16H15Cl2NO. The van der Waals surface area contributed by atoms with Crippen molar-refractivity contribution in [1.29, 1.82) is 0 Å². The molecule has 1 amide bonds. The lowest BCUT2D eigenvalue weighted by molar-refractivity contribution is -0.115. The molecule has 0 aliphatic rings. The third kappa shape index (κ3) is 3.75. The van der Waals surface area contributed by atoms with Gasteiger partial charge in [-0.1, -0.05) is 41.4 Å². The van der Waals surface area contributed by atoms with Gasteiger partial charge in [-0.15, -0.1) is 0 Å². The highest BCUT2D eigenvalue weighted by molar-refractivity contribution is 6.34. The molecule has 0 unspecified atom stereocenters. The molecule has 0 spiro atoms. The van der Waals surface area contributed by atoms with Crippen molar-refractivity contribution in [2.75, 3.05) is 5.32 Å². The van der Waals surface area contributed by atoms with Gasteiger partial charge in [0.15, 0.2) is 0 Å². The summed E-state index contributed by atoms with van der Waals surface area (Å²) in [5.41, 5.74) is 3.62. The molecule has 0 atom stereocenters. The van der Waals surface area contributed by atoms with Crippen molar-refractivity contribution < 1.29 is 4.79 Å². The van der Waals surface area contributed by atoms with Crippen LogP contribution in [0.2, 0.25) is 10.0 Å². The summed E-state index contributed by atoms with van der Waals surface area (Å²) in [5.74, 6) is -0.0961. The Kier molecular flexibility index (Phi) is 4.69. The van der Waals surface area contributed by atoms with E-state index in [0.717, 1.165) is 16.7 Å². The van der Waals surface area contributed by atoms with Crippen LogP contribution in [0.15, 0.2) is 36.4 Å². The monoisotopic (exact) mass is 307 g/mol. The van der Waals surface area contributed by atoms with Gasteiger partial charge in [-0.3, -0.25) is 4.79 Å². The van der Waals surface area contributed by atoms with Crippen LogP contribution in [0.25, 0.3) is 0 Å².